The molecule has 2 aromatic carbocycles. The van der Waals surface area contributed by atoms with Crippen LogP contribution in [0.1, 0.15) is 43.7 Å². The molecule has 6 nitrogen and oxygen atoms in total. The number of ether oxygens (including phenoxy) is 1. The Kier molecular flexibility index (Phi) is 8.63. The number of carbonyl (C=O) groups is 1. The minimum Gasteiger partial charge on any atom is -0.444 e. The highest BCUT2D eigenvalue weighted by Gasteiger charge is 2.20. The average molecular weight is 550 g/mol. The summed E-state index contributed by atoms with van der Waals surface area (Å²) in [4.78, 5) is 29.7. The molecular weight excluding hydrogens is 513 g/mol. The molecule has 4 aromatic rings. The van der Waals surface area contributed by atoms with Gasteiger partial charge >= 0.3 is 5.97 Å². The van der Waals surface area contributed by atoms with Gasteiger partial charge in [-0.3, -0.25) is 19.1 Å². The fourth-order valence-electron chi connectivity index (χ4n) is 5.39. The number of hydrogen-bond acceptors (Lipinski definition) is 6. The van der Waals surface area contributed by atoms with Crippen LogP contribution in [0.25, 0.3) is 21.0 Å². The van der Waals surface area contributed by atoms with E-state index in [1.807, 2.05) is 12.3 Å². The van der Waals surface area contributed by atoms with Gasteiger partial charge < -0.3 is 9.64 Å². The first-order chi connectivity index (χ1) is 18.9. The summed E-state index contributed by atoms with van der Waals surface area (Å²) < 4.78 is 22.2. The second-order valence-electron chi connectivity index (χ2n) is 10.4. The molecule has 1 aliphatic heterocycles. The maximum atomic E-state index is 14.2. The molecule has 1 saturated heterocycles. The first kappa shape index (κ1) is 27.3. The standard InChI is InChI=1S/C31H36FN3O3S/c1-3-4-5-6-31(37)38-21-35-28-18-23(7-8-25(28)22(2)17-30(35)36)9-11-33-12-14-34(15-13-33)27-19-24(32)20-29-26(27)10-16-39-29/h7-8,10,16-20H,3-6,9,11-15,21H2,1-2H3. The fourth-order valence-corrected chi connectivity index (χ4v) is 6.22. The first-order valence-electron chi connectivity index (χ1n) is 13.9. The number of nitrogens with zero attached hydrogens (tertiary/aromatic N) is 3. The number of fused-ring (bicyclic) bond motifs is 2. The van der Waals surface area contributed by atoms with Crippen LogP contribution in [0, 0.1) is 12.7 Å². The lowest BCUT2D eigenvalue weighted by molar-refractivity contribution is -0.147. The molecule has 0 atom stereocenters. The van der Waals surface area contributed by atoms with Crippen LogP contribution in [-0.2, 0) is 22.7 Å². The summed E-state index contributed by atoms with van der Waals surface area (Å²) in [6.45, 7) is 8.40. The number of rotatable bonds is 10. The number of thiophene rings is 1. The SMILES string of the molecule is CCCCCC(=O)OCn1c(=O)cc(C)c2ccc(CCN3CCN(c4cc(F)cc5sccc45)CC3)cc21. The average Bonchev–Trinajstić information content (AvgIpc) is 3.40. The number of carbonyl (C=O) groups excluding carboxylic acids is 1. The van der Waals surface area contributed by atoms with Gasteiger partial charge in [0.2, 0.25) is 0 Å². The number of esters is 1. The van der Waals surface area contributed by atoms with Crippen molar-refractivity contribution in [2.75, 3.05) is 37.6 Å². The lowest BCUT2D eigenvalue weighted by Gasteiger charge is -2.36. The number of piperazine rings is 1. The summed E-state index contributed by atoms with van der Waals surface area (Å²) in [5.41, 5.74) is 3.68. The second kappa shape index (κ2) is 12.3. The van der Waals surface area contributed by atoms with Crippen LogP contribution in [0.5, 0.6) is 0 Å². The van der Waals surface area contributed by atoms with Crippen molar-refractivity contribution in [2.45, 2.75) is 52.7 Å². The molecule has 1 fully saturated rings. The highest BCUT2D eigenvalue weighted by atomic mass is 32.1. The van der Waals surface area contributed by atoms with Crippen LogP contribution in [0.15, 0.2) is 52.6 Å². The summed E-state index contributed by atoms with van der Waals surface area (Å²) in [6.07, 6.45) is 4.06. The Balaban J connectivity index is 1.23. The van der Waals surface area contributed by atoms with Gasteiger partial charge in [-0.05, 0) is 60.5 Å². The first-order valence-corrected chi connectivity index (χ1v) is 14.7. The molecule has 0 unspecified atom stereocenters. The van der Waals surface area contributed by atoms with Gasteiger partial charge in [-0.1, -0.05) is 31.9 Å². The van der Waals surface area contributed by atoms with E-state index in [1.54, 1.807) is 34.1 Å². The molecule has 3 heterocycles. The van der Waals surface area contributed by atoms with Crippen molar-refractivity contribution in [3.8, 4) is 0 Å². The van der Waals surface area contributed by atoms with E-state index in [4.69, 9.17) is 4.74 Å². The fraction of sp³-hybridized carbons (Fsp3) is 0.419. The molecule has 5 rings (SSSR count). The monoisotopic (exact) mass is 549 g/mol. The van der Waals surface area contributed by atoms with E-state index in [1.165, 1.54) is 0 Å². The van der Waals surface area contributed by atoms with Crippen molar-refractivity contribution in [3.05, 3.63) is 75.1 Å². The molecule has 0 aliphatic carbocycles. The molecule has 2 aromatic heterocycles. The van der Waals surface area contributed by atoms with E-state index in [2.05, 4.69) is 41.0 Å². The zero-order chi connectivity index (χ0) is 27.4. The molecule has 0 radical (unpaired) electrons. The molecule has 39 heavy (non-hydrogen) atoms. The number of halogens is 1. The molecule has 8 heteroatoms. The summed E-state index contributed by atoms with van der Waals surface area (Å²) in [7, 11) is 0. The van der Waals surface area contributed by atoms with Gasteiger partial charge in [-0.15, -0.1) is 11.3 Å². The number of aryl methyl sites for hydroxylation is 1. The minimum absolute atomic E-state index is 0.0660. The predicted octanol–water partition coefficient (Wildman–Crippen LogP) is 6.11. The highest BCUT2D eigenvalue weighted by molar-refractivity contribution is 7.17. The Morgan fingerprint density at radius 3 is 2.64 bits per heavy atom. The molecule has 0 amide bonds. The zero-order valence-electron chi connectivity index (χ0n) is 22.7. The number of hydrogen-bond donors (Lipinski definition) is 0. The molecule has 0 spiro atoms. The number of aromatic nitrogens is 1. The van der Waals surface area contributed by atoms with Gasteiger partial charge in [0.05, 0.1) is 5.52 Å². The summed E-state index contributed by atoms with van der Waals surface area (Å²) >= 11 is 1.57. The Labute approximate surface area is 232 Å². The highest BCUT2D eigenvalue weighted by Crippen LogP contribution is 2.32. The van der Waals surface area contributed by atoms with Gasteiger partial charge in [-0.25, -0.2) is 4.39 Å². The smallest absolute Gasteiger partial charge is 0.307 e. The van der Waals surface area contributed by atoms with E-state index in [9.17, 15) is 14.0 Å². The summed E-state index contributed by atoms with van der Waals surface area (Å²) in [6, 6.07) is 13.2. The van der Waals surface area contributed by atoms with Gasteiger partial charge in [0, 0.05) is 66.4 Å². The van der Waals surface area contributed by atoms with Crippen molar-refractivity contribution in [2.24, 2.45) is 0 Å². The van der Waals surface area contributed by atoms with Gasteiger partial charge in [0.15, 0.2) is 6.73 Å². The second-order valence-corrected chi connectivity index (χ2v) is 11.3. The van der Waals surface area contributed by atoms with Crippen LogP contribution >= 0.6 is 11.3 Å². The van der Waals surface area contributed by atoms with E-state index < -0.39 is 0 Å². The lowest BCUT2D eigenvalue weighted by Crippen LogP contribution is -2.47. The maximum absolute atomic E-state index is 14.2. The zero-order valence-corrected chi connectivity index (χ0v) is 23.6. The van der Waals surface area contributed by atoms with E-state index in [-0.39, 0.29) is 24.1 Å². The van der Waals surface area contributed by atoms with Crippen LogP contribution in [-0.4, -0.2) is 48.2 Å². The molecule has 1 aliphatic rings. The number of pyridine rings is 1. The maximum Gasteiger partial charge on any atom is 0.307 e. The van der Waals surface area contributed by atoms with Crippen LogP contribution < -0.4 is 10.5 Å². The van der Waals surface area contributed by atoms with Gasteiger partial charge in [-0.2, -0.15) is 0 Å². The number of benzene rings is 2. The molecule has 0 saturated carbocycles. The lowest BCUT2D eigenvalue weighted by atomic mass is 10.0. The van der Waals surface area contributed by atoms with Crippen molar-refractivity contribution in [3.63, 3.8) is 0 Å². The van der Waals surface area contributed by atoms with Crippen molar-refractivity contribution < 1.29 is 13.9 Å². The van der Waals surface area contributed by atoms with E-state index in [0.717, 1.165) is 96.2 Å². The summed E-state index contributed by atoms with van der Waals surface area (Å²) in [5, 5.41) is 4.13. The Hall–Kier alpha value is -3.23. The number of anilines is 1. The third kappa shape index (κ3) is 6.34. The minimum atomic E-state index is -0.266. The van der Waals surface area contributed by atoms with Crippen LogP contribution in [0.2, 0.25) is 0 Å². The number of unbranched alkanes of at least 4 members (excludes halogenated alkanes) is 2. The largest absolute Gasteiger partial charge is 0.444 e. The van der Waals surface area contributed by atoms with Crippen molar-refractivity contribution in [1.82, 2.24) is 9.47 Å². The Morgan fingerprint density at radius 1 is 1.03 bits per heavy atom. The quantitative estimate of drug-likeness (QED) is 0.177. The molecule has 206 valence electrons. The Morgan fingerprint density at radius 2 is 1.85 bits per heavy atom. The molecule has 0 bridgehead atoms. The van der Waals surface area contributed by atoms with E-state index >= 15 is 0 Å². The third-order valence-electron chi connectivity index (χ3n) is 7.67. The predicted molar refractivity (Wildman–Crippen MR) is 157 cm³/mol. The normalized spacial score (nSPS) is 14.4. The van der Waals surface area contributed by atoms with Crippen molar-refractivity contribution in [1.29, 1.82) is 0 Å². The summed E-state index contributed by atoms with van der Waals surface area (Å²) in [5.74, 6) is -0.448. The van der Waals surface area contributed by atoms with E-state index in [0.29, 0.717) is 6.42 Å². The topological polar surface area (TPSA) is 54.8 Å². The van der Waals surface area contributed by atoms with Crippen LogP contribution in [0.4, 0.5) is 10.1 Å². The van der Waals surface area contributed by atoms with Gasteiger partial charge in [0.1, 0.15) is 5.82 Å². The van der Waals surface area contributed by atoms with Gasteiger partial charge in [0.25, 0.3) is 5.56 Å². The Bertz CT molecular complexity index is 1520. The van der Waals surface area contributed by atoms with Crippen LogP contribution in [0.3, 0.4) is 0 Å². The third-order valence-corrected chi connectivity index (χ3v) is 8.53. The van der Waals surface area contributed by atoms with Crippen molar-refractivity contribution >= 4 is 44.0 Å². The molecule has 0 N–H and O–H groups in total. The molecular formula is C31H36FN3O3S.